The molecule has 1 aromatic rings. The molecule has 1 amide bonds. The first-order chi connectivity index (χ1) is 9.47. The Morgan fingerprint density at radius 1 is 1.40 bits per heavy atom. The summed E-state index contributed by atoms with van der Waals surface area (Å²) in [4.78, 5) is 24.8. The molecule has 2 rings (SSSR count). The molecule has 0 atom stereocenters. The van der Waals surface area contributed by atoms with E-state index in [1.807, 2.05) is 13.8 Å². The molecule has 6 heteroatoms. The minimum absolute atomic E-state index is 0.00469. The van der Waals surface area contributed by atoms with Gasteiger partial charge in [-0.2, -0.15) is 0 Å². The molecular formula is C14H22N2O3S. The maximum atomic E-state index is 12.0. The van der Waals surface area contributed by atoms with Gasteiger partial charge in [-0.3, -0.25) is 9.59 Å². The minimum atomic E-state index is -0.429. The summed E-state index contributed by atoms with van der Waals surface area (Å²) < 4.78 is 1.65. The first-order valence-corrected chi connectivity index (χ1v) is 7.88. The lowest BCUT2D eigenvalue weighted by Gasteiger charge is -2.28. The van der Waals surface area contributed by atoms with Gasteiger partial charge in [0.15, 0.2) is 0 Å². The minimum Gasteiger partial charge on any atom is -0.394 e. The number of hydrogen-bond donors (Lipinski definition) is 2. The fourth-order valence-electron chi connectivity index (χ4n) is 2.79. The Bertz CT molecular complexity index is 541. The van der Waals surface area contributed by atoms with Crippen molar-refractivity contribution >= 4 is 17.2 Å². The molecule has 2 N–H and O–H groups in total. The van der Waals surface area contributed by atoms with Crippen LogP contribution >= 0.6 is 11.3 Å². The van der Waals surface area contributed by atoms with E-state index in [1.165, 1.54) is 11.3 Å². The molecule has 0 bridgehead atoms. The van der Waals surface area contributed by atoms with E-state index in [9.17, 15) is 14.7 Å². The van der Waals surface area contributed by atoms with Crippen molar-refractivity contribution in [2.75, 3.05) is 6.61 Å². The molecule has 0 unspecified atom stereocenters. The summed E-state index contributed by atoms with van der Waals surface area (Å²) in [5.74, 6) is -0.0869. The van der Waals surface area contributed by atoms with Gasteiger partial charge in [0.1, 0.15) is 0 Å². The molecule has 1 aromatic heterocycles. The second-order valence-corrected chi connectivity index (χ2v) is 6.77. The standard InChI is InChI=1S/C14H22N2O3S/c1-10-11(2)20-13(19)16(10)8-5-12(18)15-14(9-17)6-3-4-7-14/h17H,3-9H2,1-2H3,(H,15,18). The smallest absolute Gasteiger partial charge is 0.307 e. The van der Waals surface area contributed by atoms with Crippen LogP contribution in [-0.2, 0) is 11.3 Å². The second-order valence-electron chi connectivity index (χ2n) is 5.60. The Balaban J connectivity index is 1.94. The van der Waals surface area contributed by atoms with Crippen molar-refractivity contribution in [1.82, 2.24) is 9.88 Å². The molecule has 20 heavy (non-hydrogen) atoms. The number of carbonyl (C=O) groups excluding carboxylic acids is 1. The quantitative estimate of drug-likeness (QED) is 0.861. The van der Waals surface area contributed by atoms with Crippen molar-refractivity contribution in [3.63, 3.8) is 0 Å². The van der Waals surface area contributed by atoms with Crippen LogP contribution in [0.25, 0.3) is 0 Å². The zero-order valence-corrected chi connectivity index (χ0v) is 12.9. The number of amides is 1. The van der Waals surface area contributed by atoms with Crippen molar-refractivity contribution < 1.29 is 9.90 Å². The van der Waals surface area contributed by atoms with Crippen molar-refractivity contribution in [3.8, 4) is 0 Å². The van der Waals surface area contributed by atoms with Gasteiger partial charge in [0, 0.05) is 23.5 Å². The summed E-state index contributed by atoms with van der Waals surface area (Å²) in [7, 11) is 0. The van der Waals surface area contributed by atoms with E-state index in [1.54, 1.807) is 4.57 Å². The van der Waals surface area contributed by atoms with E-state index < -0.39 is 5.54 Å². The number of nitrogens with one attached hydrogen (secondary N) is 1. The van der Waals surface area contributed by atoms with Crippen LogP contribution in [0.15, 0.2) is 4.79 Å². The Morgan fingerprint density at radius 3 is 2.55 bits per heavy atom. The van der Waals surface area contributed by atoms with Gasteiger partial charge in [-0.1, -0.05) is 24.2 Å². The summed E-state index contributed by atoms with van der Waals surface area (Å²) in [5, 5.41) is 12.4. The maximum absolute atomic E-state index is 12.0. The first kappa shape index (κ1) is 15.3. The van der Waals surface area contributed by atoms with Crippen molar-refractivity contribution in [2.45, 2.75) is 58.0 Å². The number of aryl methyl sites for hydroxylation is 1. The summed E-state index contributed by atoms with van der Waals surface area (Å²) >= 11 is 1.22. The second kappa shape index (κ2) is 6.10. The van der Waals surface area contributed by atoms with Crippen LogP contribution in [0.4, 0.5) is 0 Å². The van der Waals surface area contributed by atoms with Gasteiger partial charge >= 0.3 is 4.87 Å². The fraction of sp³-hybridized carbons (Fsp3) is 0.714. The molecule has 1 saturated carbocycles. The monoisotopic (exact) mass is 298 g/mol. The Hall–Kier alpha value is -1.14. The third kappa shape index (κ3) is 3.12. The van der Waals surface area contributed by atoms with Crippen LogP contribution in [0.1, 0.15) is 42.7 Å². The molecule has 0 radical (unpaired) electrons. The number of aromatic nitrogens is 1. The third-order valence-corrected chi connectivity index (χ3v) is 5.20. The van der Waals surface area contributed by atoms with Crippen LogP contribution in [-0.4, -0.2) is 27.7 Å². The lowest BCUT2D eigenvalue weighted by molar-refractivity contribution is -0.123. The van der Waals surface area contributed by atoms with Gasteiger partial charge in [-0.15, -0.1) is 0 Å². The maximum Gasteiger partial charge on any atom is 0.307 e. The predicted octanol–water partition coefficient (Wildman–Crippen LogP) is 1.34. The van der Waals surface area contributed by atoms with Crippen LogP contribution in [0.3, 0.4) is 0 Å². The molecule has 5 nitrogen and oxygen atoms in total. The topological polar surface area (TPSA) is 71.3 Å². The van der Waals surface area contributed by atoms with E-state index in [-0.39, 0.29) is 23.8 Å². The van der Waals surface area contributed by atoms with Crippen LogP contribution in [0.2, 0.25) is 0 Å². The highest BCUT2D eigenvalue weighted by Crippen LogP contribution is 2.29. The van der Waals surface area contributed by atoms with Gasteiger partial charge in [-0.05, 0) is 26.7 Å². The molecule has 1 heterocycles. The zero-order chi connectivity index (χ0) is 14.8. The van der Waals surface area contributed by atoms with Gasteiger partial charge < -0.3 is 15.0 Å². The predicted molar refractivity (Wildman–Crippen MR) is 79.1 cm³/mol. The van der Waals surface area contributed by atoms with Crippen molar-refractivity contribution in [3.05, 3.63) is 20.2 Å². The summed E-state index contributed by atoms with van der Waals surface area (Å²) in [6.07, 6.45) is 4.04. The largest absolute Gasteiger partial charge is 0.394 e. The van der Waals surface area contributed by atoms with E-state index >= 15 is 0 Å². The average Bonchev–Trinajstić information content (AvgIpc) is 2.95. The third-order valence-electron chi connectivity index (χ3n) is 4.21. The molecule has 0 saturated heterocycles. The van der Waals surface area contributed by atoms with Gasteiger partial charge in [0.25, 0.3) is 0 Å². The molecule has 0 aliphatic heterocycles. The first-order valence-electron chi connectivity index (χ1n) is 7.06. The number of aliphatic hydroxyl groups is 1. The number of rotatable bonds is 5. The molecule has 112 valence electrons. The van der Waals surface area contributed by atoms with Crippen LogP contribution < -0.4 is 10.2 Å². The summed E-state index contributed by atoms with van der Waals surface area (Å²) in [5.41, 5.74) is 0.507. The van der Waals surface area contributed by atoms with E-state index in [0.717, 1.165) is 36.3 Å². The van der Waals surface area contributed by atoms with E-state index in [0.29, 0.717) is 6.54 Å². The zero-order valence-electron chi connectivity index (χ0n) is 12.1. The molecule has 1 aliphatic rings. The molecule has 0 aromatic carbocycles. The number of thiazole rings is 1. The summed E-state index contributed by atoms with van der Waals surface area (Å²) in [6, 6.07) is 0. The fourth-order valence-corrected chi connectivity index (χ4v) is 3.65. The van der Waals surface area contributed by atoms with Crippen LogP contribution in [0, 0.1) is 13.8 Å². The molecule has 1 aliphatic carbocycles. The van der Waals surface area contributed by atoms with Crippen molar-refractivity contribution in [2.24, 2.45) is 0 Å². The number of carbonyl (C=O) groups is 1. The molecular weight excluding hydrogens is 276 g/mol. The normalized spacial score (nSPS) is 17.4. The lowest BCUT2D eigenvalue weighted by Crippen LogP contribution is -2.49. The Morgan fingerprint density at radius 2 is 2.05 bits per heavy atom. The highest BCUT2D eigenvalue weighted by atomic mass is 32.1. The number of hydrogen-bond acceptors (Lipinski definition) is 4. The van der Waals surface area contributed by atoms with Crippen LogP contribution in [0.5, 0.6) is 0 Å². The molecule has 0 spiro atoms. The molecule has 1 fully saturated rings. The number of aliphatic hydroxyl groups excluding tert-OH is 1. The Kier molecular flexibility index (Phi) is 4.65. The van der Waals surface area contributed by atoms with Gasteiger partial charge in [0.05, 0.1) is 12.1 Å². The van der Waals surface area contributed by atoms with Gasteiger partial charge in [0.2, 0.25) is 5.91 Å². The number of nitrogens with zero attached hydrogens (tertiary/aromatic N) is 1. The highest BCUT2D eigenvalue weighted by molar-refractivity contribution is 7.09. The van der Waals surface area contributed by atoms with E-state index in [2.05, 4.69) is 5.32 Å². The highest BCUT2D eigenvalue weighted by Gasteiger charge is 2.34. The average molecular weight is 298 g/mol. The van der Waals surface area contributed by atoms with E-state index in [4.69, 9.17) is 0 Å². The van der Waals surface area contributed by atoms with Gasteiger partial charge in [-0.25, -0.2) is 0 Å². The summed E-state index contributed by atoms with van der Waals surface area (Å²) in [6.45, 7) is 4.21. The Labute approximate surface area is 122 Å². The SMILES string of the molecule is Cc1sc(=O)n(CCC(=O)NC2(CO)CCCC2)c1C. The lowest BCUT2D eigenvalue weighted by atomic mass is 9.99. The van der Waals surface area contributed by atoms with Crippen molar-refractivity contribution in [1.29, 1.82) is 0 Å².